The van der Waals surface area contributed by atoms with Gasteiger partial charge in [-0.2, -0.15) is 0 Å². The maximum atomic E-state index is 11.3. The van der Waals surface area contributed by atoms with E-state index in [-0.39, 0.29) is 17.6 Å². The third-order valence-corrected chi connectivity index (χ3v) is 2.90. The molecule has 2 atom stereocenters. The zero-order valence-electron chi connectivity index (χ0n) is 7.93. The molecule has 0 aromatic heterocycles. The van der Waals surface area contributed by atoms with E-state index < -0.39 is 30.1 Å². The van der Waals surface area contributed by atoms with Crippen molar-refractivity contribution in [2.45, 2.75) is 12.7 Å². The van der Waals surface area contributed by atoms with Gasteiger partial charge < -0.3 is 14.6 Å². The van der Waals surface area contributed by atoms with Crippen molar-refractivity contribution in [3.8, 4) is 0 Å². The molecule has 0 saturated carbocycles. The Labute approximate surface area is 89.1 Å². The Morgan fingerprint density at radius 2 is 2.00 bits per heavy atom. The second kappa shape index (κ2) is 2.79. The van der Waals surface area contributed by atoms with Crippen molar-refractivity contribution in [3.05, 3.63) is 22.8 Å². The molecule has 0 aromatic carbocycles. The Bertz CT molecular complexity index is 497. The summed E-state index contributed by atoms with van der Waals surface area (Å²) in [5.41, 5.74) is 0.619. The predicted molar refractivity (Wildman–Crippen MR) is 46.4 cm³/mol. The molecule has 1 fully saturated rings. The summed E-state index contributed by atoms with van der Waals surface area (Å²) in [5.74, 6) is -2.72. The Hall–Kier alpha value is -1.95. The van der Waals surface area contributed by atoms with E-state index in [9.17, 15) is 19.5 Å². The number of rotatable bonds is 0. The lowest BCUT2D eigenvalue weighted by atomic mass is 9.85. The van der Waals surface area contributed by atoms with Crippen molar-refractivity contribution < 1.29 is 29.0 Å². The molecule has 2 heterocycles. The number of aliphatic hydroxyl groups is 1. The van der Waals surface area contributed by atoms with Crippen molar-refractivity contribution in [1.82, 2.24) is 0 Å². The van der Waals surface area contributed by atoms with Crippen LogP contribution >= 0.6 is 0 Å². The highest BCUT2D eigenvalue weighted by Gasteiger charge is 2.46. The molecule has 16 heavy (non-hydrogen) atoms. The summed E-state index contributed by atoms with van der Waals surface area (Å²) in [7, 11) is 0. The first-order valence-corrected chi connectivity index (χ1v) is 4.67. The van der Waals surface area contributed by atoms with Crippen LogP contribution < -0.4 is 0 Å². The molecule has 2 unspecified atom stereocenters. The molecule has 6 nitrogen and oxygen atoms in total. The summed E-state index contributed by atoms with van der Waals surface area (Å²) in [6, 6.07) is 0. The minimum Gasteiger partial charge on any atom is -0.431 e. The maximum absolute atomic E-state index is 11.3. The van der Waals surface area contributed by atoms with Crippen LogP contribution in [0.5, 0.6) is 0 Å². The molecule has 1 saturated heterocycles. The van der Waals surface area contributed by atoms with E-state index in [1.165, 1.54) is 6.08 Å². The van der Waals surface area contributed by atoms with Crippen LogP contribution in [0, 0.1) is 5.92 Å². The molecule has 0 spiro atoms. The zero-order chi connectivity index (χ0) is 11.4. The number of carbonyl (C=O) groups is 3. The van der Waals surface area contributed by atoms with E-state index in [4.69, 9.17) is 0 Å². The van der Waals surface area contributed by atoms with Crippen LogP contribution in [0.1, 0.15) is 6.42 Å². The standard InChI is InChI=1S/C10H6O6/c11-7-3-1-4-6(10(14)16-8(4)12)2-5(3)9(13)15-7/h1,5,7,11H,2H2. The largest absolute Gasteiger partial charge is 0.431 e. The van der Waals surface area contributed by atoms with Crippen molar-refractivity contribution in [2.24, 2.45) is 5.92 Å². The van der Waals surface area contributed by atoms with Crippen LogP contribution in [0.3, 0.4) is 0 Å². The van der Waals surface area contributed by atoms with Gasteiger partial charge in [0.05, 0.1) is 17.1 Å². The van der Waals surface area contributed by atoms with Gasteiger partial charge in [-0.25, -0.2) is 9.59 Å². The third-order valence-electron chi connectivity index (χ3n) is 2.90. The summed E-state index contributed by atoms with van der Waals surface area (Å²) in [6.45, 7) is 0. The molecule has 0 amide bonds. The summed E-state index contributed by atoms with van der Waals surface area (Å²) >= 11 is 0. The summed E-state index contributed by atoms with van der Waals surface area (Å²) in [6.07, 6.45) is 0.0450. The fraction of sp³-hybridized carbons (Fsp3) is 0.300. The Morgan fingerprint density at radius 1 is 1.25 bits per heavy atom. The van der Waals surface area contributed by atoms with E-state index in [2.05, 4.69) is 9.47 Å². The summed E-state index contributed by atoms with van der Waals surface area (Å²) in [5, 5.41) is 9.40. The van der Waals surface area contributed by atoms with Gasteiger partial charge in [-0.1, -0.05) is 0 Å². The fourth-order valence-electron chi connectivity index (χ4n) is 2.09. The van der Waals surface area contributed by atoms with Crippen molar-refractivity contribution in [3.63, 3.8) is 0 Å². The zero-order valence-corrected chi connectivity index (χ0v) is 7.93. The number of aliphatic hydroxyl groups excluding tert-OH is 1. The predicted octanol–water partition coefficient (Wildman–Crippen LogP) is -0.812. The van der Waals surface area contributed by atoms with E-state index in [0.29, 0.717) is 5.57 Å². The first kappa shape index (κ1) is 9.29. The first-order valence-electron chi connectivity index (χ1n) is 4.67. The number of ether oxygens (including phenoxy) is 2. The number of cyclic esters (lactones) is 3. The Kier molecular flexibility index (Phi) is 1.62. The third kappa shape index (κ3) is 1.02. The van der Waals surface area contributed by atoms with Crippen LogP contribution in [0.25, 0.3) is 0 Å². The monoisotopic (exact) mass is 222 g/mol. The highest BCUT2D eigenvalue weighted by Crippen LogP contribution is 2.39. The smallest absolute Gasteiger partial charge is 0.346 e. The molecular formula is C10H6O6. The van der Waals surface area contributed by atoms with Crippen LogP contribution in [0.15, 0.2) is 22.8 Å². The van der Waals surface area contributed by atoms with Crippen molar-refractivity contribution in [1.29, 1.82) is 0 Å². The molecule has 2 aliphatic heterocycles. The molecule has 0 radical (unpaired) electrons. The topological polar surface area (TPSA) is 89.9 Å². The molecule has 0 aromatic rings. The minimum atomic E-state index is -1.32. The molecule has 3 rings (SSSR count). The number of esters is 3. The number of hydrogen-bond donors (Lipinski definition) is 1. The van der Waals surface area contributed by atoms with Crippen LogP contribution in [-0.4, -0.2) is 29.3 Å². The Morgan fingerprint density at radius 3 is 2.75 bits per heavy atom. The molecule has 82 valence electrons. The normalized spacial score (nSPS) is 32.1. The van der Waals surface area contributed by atoms with Crippen LogP contribution in [-0.2, 0) is 23.9 Å². The van der Waals surface area contributed by atoms with Crippen LogP contribution in [0.4, 0.5) is 0 Å². The van der Waals surface area contributed by atoms with Gasteiger partial charge in [0.25, 0.3) is 0 Å². The van der Waals surface area contributed by atoms with Gasteiger partial charge in [-0.15, -0.1) is 0 Å². The molecule has 6 heteroatoms. The second-order valence-corrected chi connectivity index (χ2v) is 3.76. The summed E-state index contributed by atoms with van der Waals surface area (Å²) < 4.78 is 9.02. The van der Waals surface area contributed by atoms with E-state index in [0.717, 1.165) is 0 Å². The molecular weight excluding hydrogens is 216 g/mol. The number of carbonyl (C=O) groups excluding carboxylic acids is 3. The van der Waals surface area contributed by atoms with Gasteiger partial charge >= 0.3 is 17.9 Å². The lowest BCUT2D eigenvalue weighted by Crippen LogP contribution is -2.16. The van der Waals surface area contributed by atoms with Crippen molar-refractivity contribution in [2.75, 3.05) is 0 Å². The maximum Gasteiger partial charge on any atom is 0.346 e. The first-order chi connectivity index (χ1) is 7.58. The minimum absolute atomic E-state index is 0.0572. The lowest BCUT2D eigenvalue weighted by Gasteiger charge is -2.12. The quantitative estimate of drug-likeness (QED) is 0.425. The Balaban J connectivity index is 2.10. The van der Waals surface area contributed by atoms with E-state index in [1.807, 2.05) is 0 Å². The van der Waals surface area contributed by atoms with Gasteiger partial charge in [-0.3, -0.25) is 4.79 Å². The van der Waals surface area contributed by atoms with Gasteiger partial charge in [0.15, 0.2) is 0 Å². The van der Waals surface area contributed by atoms with E-state index in [1.54, 1.807) is 0 Å². The fourth-order valence-corrected chi connectivity index (χ4v) is 2.09. The lowest BCUT2D eigenvalue weighted by molar-refractivity contribution is -0.154. The molecule has 3 aliphatic rings. The SMILES string of the molecule is O=C1OC(=O)C2=C1C=C1C(O)OC(=O)C1C2. The second-order valence-electron chi connectivity index (χ2n) is 3.76. The van der Waals surface area contributed by atoms with Gasteiger partial charge in [0.2, 0.25) is 6.29 Å². The molecule has 1 aliphatic carbocycles. The number of hydrogen-bond acceptors (Lipinski definition) is 6. The number of fused-ring (bicyclic) bond motifs is 1. The van der Waals surface area contributed by atoms with Gasteiger partial charge in [0, 0.05) is 5.57 Å². The average Bonchev–Trinajstić information content (AvgIpc) is 2.67. The molecule has 0 bridgehead atoms. The summed E-state index contributed by atoms with van der Waals surface area (Å²) in [4.78, 5) is 33.8. The molecule has 1 N–H and O–H groups in total. The van der Waals surface area contributed by atoms with E-state index >= 15 is 0 Å². The van der Waals surface area contributed by atoms with Gasteiger partial charge in [-0.05, 0) is 12.5 Å². The highest BCUT2D eigenvalue weighted by atomic mass is 16.6. The highest BCUT2D eigenvalue weighted by molar-refractivity contribution is 6.15. The van der Waals surface area contributed by atoms with Gasteiger partial charge in [0.1, 0.15) is 0 Å². The average molecular weight is 222 g/mol. The van der Waals surface area contributed by atoms with Crippen LogP contribution in [0.2, 0.25) is 0 Å². The van der Waals surface area contributed by atoms with Crippen molar-refractivity contribution >= 4 is 17.9 Å².